The molecule has 0 fully saturated rings. The number of aliphatic hydroxyl groups excluding tert-OH is 2. The van der Waals surface area contributed by atoms with Crippen molar-refractivity contribution in [3.63, 3.8) is 0 Å². The van der Waals surface area contributed by atoms with Gasteiger partial charge in [-0.15, -0.1) is 0 Å². The summed E-state index contributed by atoms with van der Waals surface area (Å²) >= 11 is 0. The van der Waals surface area contributed by atoms with Crippen molar-refractivity contribution >= 4 is 21.8 Å². The Morgan fingerprint density at radius 3 is 1.67 bits per heavy atom. The number of fused-ring (bicyclic) bond motifs is 2. The number of unbranched alkanes of at least 4 members (excludes halogenated alkanes) is 2. The molecule has 0 amide bonds. The Morgan fingerprint density at radius 1 is 0.552 bits per heavy atom. The molecule has 2 heterocycles. The number of hydrogen-bond acceptors (Lipinski definition) is 4. The Labute approximate surface area is 338 Å². The van der Waals surface area contributed by atoms with E-state index in [1.165, 1.54) is 0 Å². The fourth-order valence-corrected chi connectivity index (χ4v) is 8.58. The summed E-state index contributed by atoms with van der Waals surface area (Å²) in [6.45, 7) is 0.0887. The van der Waals surface area contributed by atoms with E-state index in [2.05, 4.69) is 16.3 Å². The molecule has 0 saturated heterocycles. The second-order valence-electron chi connectivity index (χ2n) is 15.3. The van der Waals surface area contributed by atoms with Gasteiger partial charge in [0.1, 0.15) is 23.0 Å². The van der Waals surface area contributed by atoms with E-state index in [0.29, 0.717) is 41.8 Å². The molecule has 0 bridgehead atoms. The van der Waals surface area contributed by atoms with E-state index in [-0.39, 0.29) is 24.2 Å². The van der Waals surface area contributed by atoms with E-state index in [9.17, 15) is 10.2 Å². The first-order chi connectivity index (χ1) is 28.3. The van der Waals surface area contributed by atoms with Crippen molar-refractivity contribution in [1.29, 1.82) is 0 Å². The van der Waals surface area contributed by atoms with Crippen molar-refractivity contribution < 1.29 is 19.0 Å². The quantitative estimate of drug-likeness (QED) is 0.102. The Hall–Kier alpha value is -5.96. The second-order valence-corrected chi connectivity index (χ2v) is 15.3. The molecule has 2 atom stereocenters. The molecule has 2 N–H and O–H groups in total. The maximum absolute atomic E-state index is 16.0. The molecule has 8 heteroatoms. The van der Waals surface area contributed by atoms with Crippen LogP contribution in [0.3, 0.4) is 0 Å². The largest absolute Gasteiger partial charge is 0.396 e. The minimum atomic E-state index is -0.636. The highest BCUT2D eigenvalue weighted by atomic mass is 19.1. The molecule has 0 aliphatic rings. The highest BCUT2D eigenvalue weighted by Crippen LogP contribution is 2.39. The second kappa shape index (κ2) is 17.3. The monoisotopic (exact) mass is 774 g/mol. The smallest absolute Gasteiger partial charge is 0.133 e. The third kappa shape index (κ3) is 7.82. The summed E-state index contributed by atoms with van der Waals surface area (Å²) in [4.78, 5) is 0. The summed E-state index contributed by atoms with van der Waals surface area (Å²) in [6.07, 6.45) is 4.45. The highest BCUT2D eigenvalue weighted by Gasteiger charge is 2.25. The van der Waals surface area contributed by atoms with Gasteiger partial charge >= 0.3 is 0 Å². The molecule has 294 valence electrons. The first-order valence-electron chi connectivity index (χ1n) is 20.2. The van der Waals surface area contributed by atoms with Crippen LogP contribution < -0.4 is 0 Å². The van der Waals surface area contributed by atoms with Crippen molar-refractivity contribution in [1.82, 2.24) is 19.6 Å². The van der Waals surface area contributed by atoms with Crippen LogP contribution in [0.5, 0.6) is 0 Å². The van der Waals surface area contributed by atoms with Gasteiger partial charge in [0.05, 0.1) is 17.1 Å². The van der Waals surface area contributed by atoms with Gasteiger partial charge in [-0.3, -0.25) is 9.36 Å². The fourth-order valence-electron chi connectivity index (χ4n) is 8.58. The lowest BCUT2D eigenvalue weighted by Gasteiger charge is -2.26. The van der Waals surface area contributed by atoms with Crippen molar-refractivity contribution in [2.75, 3.05) is 6.61 Å². The number of aromatic nitrogens is 4. The highest BCUT2D eigenvalue weighted by molar-refractivity contribution is 5.95. The van der Waals surface area contributed by atoms with E-state index >= 15 is 8.78 Å². The Bertz CT molecular complexity index is 2700. The van der Waals surface area contributed by atoms with Crippen LogP contribution in [0.1, 0.15) is 55.6 Å². The zero-order chi connectivity index (χ0) is 40.2. The van der Waals surface area contributed by atoms with Crippen LogP contribution in [-0.4, -0.2) is 42.5 Å². The van der Waals surface area contributed by atoms with Gasteiger partial charge in [-0.2, -0.15) is 10.2 Å². The summed E-state index contributed by atoms with van der Waals surface area (Å²) < 4.78 is 35.3. The summed E-state index contributed by atoms with van der Waals surface area (Å²) in [7, 11) is 3.74. The van der Waals surface area contributed by atoms with Gasteiger partial charge in [0.2, 0.25) is 0 Å². The molecule has 2 unspecified atom stereocenters. The molecule has 0 spiro atoms. The van der Waals surface area contributed by atoms with E-state index < -0.39 is 6.10 Å². The number of nitrogens with zero attached hydrogens (tertiary/aromatic N) is 4. The van der Waals surface area contributed by atoms with Crippen LogP contribution in [0.2, 0.25) is 0 Å². The zero-order valence-electron chi connectivity index (χ0n) is 33.0. The zero-order valence-corrected chi connectivity index (χ0v) is 33.0. The van der Waals surface area contributed by atoms with Crippen molar-refractivity contribution in [3.05, 3.63) is 156 Å². The van der Waals surface area contributed by atoms with Gasteiger partial charge in [0.15, 0.2) is 0 Å². The van der Waals surface area contributed by atoms with Gasteiger partial charge in [-0.1, -0.05) is 110 Å². The minimum Gasteiger partial charge on any atom is -0.396 e. The summed E-state index contributed by atoms with van der Waals surface area (Å²) in [5.74, 6) is -0.864. The number of benzene rings is 6. The molecular formula is C50H48F2N4O2. The van der Waals surface area contributed by atoms with Gasteiger partial charge in [-0.25, -0.2) is 8.78 Å². The molecule has 0 aliphatic carbocycles. The minimum absolute atomic E-state index is 0.0887. The molecule has 6 nitrogen and oxygen atoms in total. The van der Waals surface area contributed by atoms with Crippen LogP contribution in [0.25, 0.3) is 66.6 Å². The lowest BCUT2D eigenvalue weighted by molar-refractivity contribution is 0.124. The maximum atomic E-state index is 16.0. The number of aliphatic hydroxyl groups is 2. The normalized spacial score (nSPS) is 12.7. The number of rotatable bonds is 15. The average Bonchev–Trinajstić information content (AvgIpc) is 3.76. The van der Waals surface area contributed by atoms with Crippen molar-refractivity contribution in [2.24, 2.45) is 14.1 Å². The molecule has 0 radical (unpaired) electrons. The number of hydrogen-bond donors (Lipinski definition) is 2. The Morgan fingerprint density at radius 2 is 1.07 bits per heavy atom. The SMILES string of the molecule is Cn1nc(-c2ccc(-c3ccccc3CCCCC(O)C(CCCCO)c3ccccc3-c3ccc(-c4nn(C)c5ccccc45)c(F)c3)cc2F)c2ccccc21. The first kappa shape index (κ1) is 38.9. The van der Waals surface area contributed by atoms with E-state index in [4.69, 9.17) is 0 Å². The average molecular weight is 775 g/mol. The topological polar surface area (TPSA) is 76.1 Å². The Balaban J connectivity index is 0.978. The van der Waals surface area contributed by atoms with Crippen LogP contribution in [0, 0.1) is 11.6 Å². The molecule has 6 aromatic carbocycles. The lowest BCUT2D eigenvalue weighted by atomic mass is 9.82. The lowest BCUT2D eigenvalue weighted by Crippen LogP contribution is -2.20. The predicted octanol–water partition coefficient (Wildman–Crippen LogP) is 11.4. The predicted molar refractivity (Wildman–Crippen MR) is 230 cm³/mol. The van der Waals surface area contributed by atoms with Crippen LogP contribution in [0.4, 0.5) is 8.78 Å². The Kier molecular flexibility index (Phi) is 11.6. The van der Waals surface area contributed by atoms with Gasteiger partial charge in [0.25, 0.3) is 0 Å². The molecule has 0 aliphatic heterocycles. The molecule has 8 aromatic rings. The summed E-state index contributed by atoms with van der Waals surface area (Å²) in [5.41, 5.74) is 9.57. The van der Waals surface area contributed by atoms with E-state index in [1.54, 1.807) is 27.6 Å². The van der Waals surface area contributed by atoms with Gasteiger partial charge in [0, 0.05) is 48.5 Å². The molecule has 58 heavy (non-hydrogen) atoms. The number of para-hydroxylation sites is 2. The standard InChI is InChI=1S/C50H48F2N4O2/c1-55-46-23-10-8-21-42(46)49(53-55)40-28-26-34(31-44(40)51)36-17-5-3-15-33(36)16-4-12-25-48(58)39(20-13-14-30-57)38-19-7-6-18-37(38)35-27-29-41(45(52)32-35)50-43-22-9-11-24-47(43)56(2)54-50/h3,5-11,15,17-19,21-24,26-29,31-32,39,48,57-58H,4,12-14,16,20,25,30H2,1-2H3. The number of aryl methyl sites for hydroxylation is 3. The number of halogens is 2. The van der Waals surface area contributed by atoms with E-state index in [1.807, 2.05) is 123 Å². The summed E-state index contributed by atoms with van der Waals surface area (Å²) in [6, 6.07) is 42.5. The molecular weight excluding hydrogens is 727 g/mol. The molecule has 2 aromatic heterocycles. The van der Waals surface area contributed by atoms with Crippen molar-refractivity contribution in [2.45, 2.75) is 57.0 Å². The van der Waals surface area contributed by atoms with Gasteiger partial charge < -0.3 is 10.2 Å². The van der Waals surface area contributed by atoms with Crippen LogP contribution in [0.15, 0.2) is 133 Å². The van der Waals surface area contributed by atoms with Crippen LogP contribution in [-0.2, 0) is 20.5 Å². The van der Waals surface area contributed by atoms with Crippen molar-refractivity contribution in [3.8, 4) is 44.8 Å². The third-order valence-corrected chi connectivity index (χ3v) is 11.5. The molecule has 8 rings (SSSR count). The van der Waals surface area contributed by atoms with Gasteiger partial charge in [-0.05, 0) is 102 Å². The van der Waals surface area contributed by atoms with Crippen LogP contribution >= 0.6 is 0 Å². The summed E-state index contributed by atoms with van der Waals surface area (Å²) in [5, 5.41) is 32.5. The fraction of sp³-hybridized carbons (Fsp3) is 0.240. The first-order valence-corrected chi connectivity index (χ1v) is 20.2. The maximum Gasteiger partial charge on any atom is 0.133 e. The molecule has 0 saturated carbocycles. The van der Waals surface area contributed by atoms with E-state index in [0.717, 1.165) is 80.9 Å². The third-order valence-electron chi connectivity index (χ3n) is 11.5.